The standard InChI is InChI=1S/C24H34O5Si/c1-24(2,3)30(18-11-7-5-8-12-18,19-13-9-6-10-14-19)29-16-17-15-20(28-4)22(26)23(27)21(17)25/h5-14,17,20-23,25-27H,15-16H2,1-4H3/t17-,20-,21-,22+,23+/m1/s1. The van der Waals surface area contributed by atoms with Gasteiger partial charge in [-0.3, -0.25) is 0 Å². The van der Waals surface area contributed by atoms with Gasteiger partial charge in [0.2, 0.25) is 0 Å². The molecule has 2 aromatic carbocycles. The van der Waals surface area contributed by atoms with Crippen molar-refractivity contribution in [2.75, 3.05) is 13.7 Å². The Kier molecular flexibility index (Phi) is 7.17. The number of aliphatic hydroxyl groups excluding tert-OH is 3. The molecule has 1 aliphatic carbocycles. The Balaban J connectivity index is 2.00. The van der Waals surface area contributed by atoms with E-state index in [0.717, 1.165) is 10.4 Å². The van der Waals surface area contributed by atoms with Crippen LogP contribution < -0.4 is 10.4 Å². The first-order valence-corrected chi connectivity index (χ1v) is 12.4. The van der Waals surface area contributed by atoms with Gasteiger partial charge in [-0.05, 0) is 21.8 Å². The molecule has 5 atom stereocenters. The summed E-state index contributed by atoms with van der Waals surface area (Å²) in [6.45, 7) is 6.88. The summed E-state index contributed by atoms with van der Waals surface area (Å²) in [5.41, 5.74) is 0. The fourth-order valence-electron chi connectivity index (χ4n) is 4.67. The summed E-state index contributed by atoms with van der Waals surface area (Å²) in [5, 5.41) is 33.3. The molecular formula is C24H34O5Si. The molecule has 3 N–H and O–H groups in total. The van der Waals surface area contributed by atoms with E-state index in [1.54, 1.807) is 0 Å². The van der Waals surface area contributed by atoms with Crippen molar-refractivity contribution in [1.29, 1.82) is 0 Å². The van der Waals surface area contributed by atoms with Gasteiger partial charge in [0, 0.05) is 19.6 Å². The molecule has 0 aromatic heterocycles. The summed E-state index contributed by atoms with van der Waals surface area (Å²) in [5.74, 6) is -0.338. The minimum Gasteiger partial charge on any atom is -0.407 e. The highest BCUT2D eigenvalue weighted by Gasteiger charge is 2.51. The van der Waals surface area contributed by atoms with Crippen LogP contribution in [0, 0.1) is 5.92 Å². The normalized spacial score (nSPS) is 27.8. The molecule has 0 unspecified atom stereocenters. The average molecular weight is 431 g/mol. The summed E-state index contributed by atoms with van der Waals surface area (Å²) in [7, 11) is -1.22. The molecule has 1 saturated carbocycles. The molecule has 1 fully saturated rings. The summed E-state index contributed by atoms with van der Waals surface area (Å²) in [6.07, 6.45) is -3.53. The summed E-state index contributed by atoms with van der Waals surface area (Å²) in [4.78, 5) is 0. The first kappa shape index (κ1) is 23.1. The summed E-state index contributed by atoms with van der Waals surface area (Å²) < 4.78 is 12.2. The van der Waals surface area contributed by atoms with E-state index < -0.39 is 32.7 Å². The van der Waals surface area contributed by atoms with Gasteiger partial charge < -0.3 is 24.5 Å². The lowest BCUT2D eigenvalue weighted by atomic mass is 9.81. The first-order chi connectivity index (χ1) is 14.2. The van der Waals surface area contributed by atoms with E-state index in [-0.39, 0.29) is 17.6 Å². The lowest BCUT2D eigenvalue weighted by Crippen LogP contribution is -2.67. The van der Waals surface area contributed by atoms with Gasteiger partial charge in [0.1, 0.15) is 12.2 Å². The van der Waals surface area contributed by atoms with Crippen molar-refractivity contribution in [3.05, 3.63) is 60.7 Å². The Labute approximate surface area is 180 Å². The Morgan fingerprint density at radius 3 is 1.77 bits per heavy atom. The van der Waals surface area contributed by atoms with E-state index in [9.17, 15) is 15.3 Å². The minimum absolute atomic E-state index is 0.173. The molecule has 0 saturated heterocycles. The number of hydrogen-bond acceptors (Lipinski definition) is 5. The number of methoxy groups -OCH3 is 1. The topological polar surface area (TPSA) is 79.2 Å². The second-order valence-corrected chi connectivity index (χ2v) is 13.5. The van der Waals surface area contributed by atoms with Crippen LogP contribution in [0.5, 0.6) is 0 Å². The van der Waals surface area contributed by atoms with Crippen LogP contribution in [0.3, 0.4) is 0 Å². The molecule has 30 heavy (non-hydrogen) atoms. The maximum absolute atomic E-state index is 10.6. The maximum Gasteiger partial charge on any atom is 0.261 e. The van der Waals surface area contributed by atoms with Gasteiger partial charge in [-0.1, -0.05) is 81.4 Å². The molecule has 6 heteroatoms. The average Bonchev–Trinajstić information content (AvgIpc) is 2.74. The van der Waals surface area contributed by atoms with Crippen LogP contribution >= 0.6 is 0 Å². The van der Waals surface area contributed by atoms with Crippen molar-refractivity contribution in [2.45, 2.75) is 56.6 Å². The zero-order valence-corrected chi connectivity index (χ0v) is 19.2. The van der Waals surface area contributed by atoms with Crippen molar-refractivity contribution < 1.29 is 24.5 Å². The van der Waals surface area contributed by atoms with E-state index in [0.29, 0.717) is 6.42 Å². The third kappa shape index (κ3) is 4.26. The van der Waals surface area contributed by atoms with Crippen LogP contribution in [0.2, 0.25) is 5.04 Å². The number of hydrogen-bond donors (Lipinski definition) is 3. The zero-order chi connectivity index (χ0) is 21.9. The van der Waals surface area contributed by atoms with Gasteiger partial charge in [-0.25, -0.2) is 0 Å². The van der Waals surface area contributed by atoms with E-state index >= 15 is 0 Å². The Hall–Kier alpha value is -1.54. The number of ether oxygens (including phenoxy) is 1. The molecule has 0 radical (unpaired) electrons. The molecule has 5 nitrogen and oxygen atoms in total. The molecule has 3 rings (SSSR count). The van der Waals surface area contributed by atoms with Gasteiger partial charge in [-0.2, -0.15) is 0 Å². The molecule has 0 bridgehead atoms. The van der Waals surface area contributed by atoms with Crippen molar-refractivity contribution >= 4 is 18.7 Å². The second-order valence-electron chi connectivity index (χ2n) is 9.22. The van der Waals surface area contributed by atoms with E-state index in [1.165, 1.54) is 7.11 Å². The lowest BCUT2D eigenvalue weighted by Gasteiger charge is -2.45. The fourth-order valence-corrected chi connectivity index (χ4v) is 9.29. The van der Waals surface area contributed by atoms with Crippen LogP contribution in [0.25, 0.3) is 0 Å². The van der Waals surface area contributed by atoms with Gasteiger partial charge in [0.25, 0.3) is 8.32 Å². The molecule has 0 heterocycles. The molecular weight excluding hydrogens is 396 g/mol. The van der Waals surface area contributed by atoms with Crippen molar-refractivity contribution in [3.63, 3.8) is 0 Å². The second kappa shape index (κ2) is 9.30. The number of aliphatic hydroxyl groups is 3. The zero-order valence-electron chi connectivity index (χ0n) is 18.2. The smallest absolute Gasteiger partial charge is 0.261 e. The molecule has 0 spiro atoms. The fraction of sp³-hybridized carbons (Fsp3) is 0.500. The minimum atomic E-state index is -2.73. The third-order valence-corrected chi connectivity index (χ3v) is 11.3. The maximum atomic E-state index is 10.6. The quantitative estimate of drug-likeness (QED) is 0.608. The van der Waals surface area contributed by atoms with E-state index in [2.05, 4.69) is 45.0 Å². The van der Waals surface area contributed by atoms with Crippen molar-refractivity contribution in [3.8, 4) is 0 Å². The Morgan fingerprint density at radius 2 is 1.33 bits per heavy atom. The van der Waals surface area contributed by atoms with Gasteiger partial charge in [-0.15, -0.1) is 0 Å². The molecule has 0 amide bonds. The van der Waals surface area contributed by atoms with Gasteiger partial charge >= 0.3 is 0 Å². The van der Waals surface area contributed by atoms with Crippen molar-refractivity contribution in [2.24, 2.45) is 5.92 Å². The van der Waals surface area contributed by atoms with E-state index in [1.807, 2.05) is 36.4 Å². The Morgan fingerprint density at radius 1 is 0.833 bits per heavy atom. The third-order valence-electron chi connectivity index (χ3n) is 6.33. The van der Waals surface area contributed by atoms with Crippen LogP contribution in [-0.4, -0.2) is 61.8 Å². The molecule has 164 valence electrons. The highest BCUT2D eigenvalue weighted by atomic mass is 28.4. The van der Waals surface area contributed by atoms with E-state index in [4.69, 9.17) is 9.16 Å². The van der Waals surface area contributed by atoms with Gasteiger partial charge in [0.05, 0.1) is 12.2 Å². The van der Waals surface area contributed by atoms with Crippen molar-refractivity contribution in [1.82, 2.24) is 0 Å². The molecule has 1 aliphatic rings. The number of rotatable bonds is 6. The largest absolute Gasteiger partial charge is 0.407 e. The highest BCUT2D eigenvalue weighted by Crippen LogP contribution is 2.38. The predicted octanol–water partition coefficient (Wildman–Crippen LogP) is 1.68. The van der Waals surface area contributed by atoms with Crippen LogP contribution in [-0.2, 0) is 9.16 Å². The lowest BCUT2D eigenvalue weighted by molar-refractivity contribution is -0.170. The van der Waals surface area contributed by atoms with Crippen LogP contribution in [0.1, 0.15) is 27.2 Å². The van der Waals surface area contributed by atoms with Crippen LogP contribution in [0.4, 0.5) is 0 Å². The van der Waals surface area contributed by atoms with Crippen LogP contribution in [0.15, 0.2) is 60.7 Å². The van der Waals surface area contributed by atoms with Gasteiger partial charge in [0.15, 0.2) is 0 Å². The summed E-state index contributed by atoms with van der Waals surface area (Å²) in [6, 6.07) is 20.6. The predicted molar refractivity (Wildman–Crippen MR) is 120 cm³/mol. The Bertz CT molecular complexity index is 751. The summed E-state index contributed by atoms with van der Waals surface area (Å²) >= 11 is 0. The number of benzene rings is 2. The first-order valence-electron chi connectivity index (χ1n) is 10.5. The molecule has 2 aromatic rings. The monoisotopic (exact) mass is 430 g/mol. The SMILES string of the molecule is CO[C@@H]1C[C@H](CO[Si](c2ccccc2)(c2ccccc2)C(C)(C)C)[C@@H](O)[C@H](O)[C@H]1O. The highest BCUT2D eigenvalue weighted by molar-refractivity contribution is 6.99. The molecule has 0 aliphatic heterocycles.